The van der Waals surface area contributed by atoms with Crippen LogP contribution in [0.25, 0.3) is 0 Å². The molecular formula is C14H12ClF2NO3. The van der Waals surface area contributed by atoms with Crippen LogP contribution in [-0.4, -0.2) is 18.4 Å². The Kier molecular flexibility index (Phi) is 4.27. The fourth-order valence-electron chi connectivity index (χ4n) is 2.02. The van der Waals surface area contributed by atoms with E-state index in [0.29, 0.717) is 5.57 Å². The van der Waals surface area contributed by atoms with Crippen molar-refractivity contribution in [3.63, 3.8) is 0 Å². The normalized spacial score (nSPS) is 15.1. The van der Waals surface area contributed by atoms with Crippen LogP contribution in [0.15, 0.2) is 29.3 Å². The minimum absolute atomic E-state index is 0.00513. The third-order valence-electron chi connectivity index (χ3n) is 3.03. The minimum atomic E-state index is -3.05. The summed E-state index contributed by atoms with van der Waals surface area (Å²) in [5.74, 6) is -1.15. The Morgan fingerprint density at radius 2 is 2.00 bits per heavy atom. The molecule has 2 rings (SSSR count). The van der Waals surface area contributed by atoms with Crippen molar-refractivity contribution in [2.75, 3.05) is 4.90 Å². The third-order valence-corrected chi connectivity index (χ3v) is 3.34. The lowest BCUT2D eigenvalue weighted by Gasteiger charge is -2.16. The van der Waals surface area contributed by atoms with Crippen molar-refractivity contribution in [1.29, 1.82) is 0 Å². The van der Waals surface area contributed by atoms with E-state index in [4.69, 9.17) is 11.6 Å². The van der Waals surface area contributed by atoms with E-state index >= 15 is 0 Å². The molecule has 4 nitrogen and oxygen atoms in total. The molecule has 0 N–H and O–H groups in total. The second-order valence-corrected chi connectivity index (χ2v) is 5.09. The number of hydrogen-bond donors (Lipinski definition) is 0. The van der Waals surface area contributed by atoms with Crippen LogP contribution in [0.1, 0.15) is 20.3 Å². The maximum atomic E-state index is 12.3. The highest BCUT2D eigenvalue weighted by molar-refractivity contribution is 6.32. The van der Waals surface area contributed by atoms with E-state index in [0.717, 1.165) is 16.5 Å². The van der Waals surface area contributed by atoms with Gasteiger partial charge in [-0.05, 0) is 26.0 Å². The van der Waals surface area contributed by atoms with Gasteiger partial charge in [0, 0.05) is 11.6 Å². The van der Waals surface area contributed by atoms with E-state index in [1.165, 1.54) is 12.1 Å². The largest absolute Gasteiger partial charge is 0.433 e. The Labute approximate surface area is 124 Å². The molecule has 0 saturated carbocycles. The van der Waals surface area contributed by atoms with E-state index in [1.807, 2.05) is 0 Å². The second-order valence-electron chi connectivity index (χ2n) is 4.68. The molecule has 1 aromatic rings. The molecule has 1 fully saturated rings. The average Bonchev–Trinajstić information content (AvgIpc) is 2.67. The van der Waals surface area contributed by atoms with Crippen molar-refractivity contribution in [1.82, 2.24) is 0 Å². The quantitative estimate of drug-likeness (QED) is 0.633. The molecular weight excluding hydrogens is 304 g/mol. The molecule has 0 aromatic heterocycles. The Hall–Kier alpha value is -1.95. The smallest absolute Gasteiger partial charge is 0.387 e. The van der Waals surface area contributed by atoms with Gasteiger partial charge in [0.05, 0.1) is 17.1 Å². The van der Waals surface area contributed by atoms with Crippen LogP contribution in [0.3, 0.4) is 0 Å². The van der Waals surface area contributed by atoms with Gasteiger partial charge in [-0.25, -0.2) is 4.90 Å². The minimum Gasteiger partial charge on any atom is -0.433 e. The zero-order chi connectivity index (χ0) is 15.7. The Balaban J connectivity index is 2.41. The Morgan fingerprint density at radius 1 is 1.33 bits per heavy atom. The zero-order valence-corrected chi connectivity index (χ0v) is 12.1. The summed E-state index contributed by atoms with van der Waals surface area (Å²) < 4.78 is 28.9. The molecule has 0 unspecified atom stereocenters. The fourth-order valence-corrected chi connectivity index (χ4v) is 2.19. The maximum absolute atomic E-state index is 12.3. The van der Waals surface area contributed by atoms with Gasteiger partial charge in [0.25, 0.3) is 5.91 Å². The number of alkyl halides is 2. The van der Waals surface area contributed by atoms with Gasteiger partial charge < -0.3 is 4.74 Å². The predicted octanol–water partition coefficient (Wildman–Crippen LogP) is 3.54. The molecule has 7 heteroatoms. The first kappa shape index (κ1) is 15.4. The molecule has 1 heterocycles. The van der Waals surface area contributed by atoms with Crippen LogP contribution in [0, 0.1) is 0 Å². The highest BCUT2D eigenvalue weighted by Gasteiger charge is 2.35. The van der Waals surface area contributed by atoms with E-state index in [2.05, 4.69) is 4.74 Å². The molecule has 0 atom stereocenters. The van der Waals surface area contributed by atoms with Crippen molar-refractivity contribution in [2.24, 2.45) is 0 Å². The first-order valence-electron chi connectivity index (χ1n) is 6.09. The van der Waals surface area contributed by atoms with Gasteiger partial charge in [-0.3, -0.25) is 9.59 Å². The topological polar surface area (TPSA) is 46.6 Å². The number of anilines is 1. The van der Waals surface area contributed by atoms with Crippen LogP contribution in [-0.2, 0) is 9.59 Å². The summed E-state index contributed by atoms with van der Waals surface area (Å²) in [4.78, 5) is 25.1. The number of benzene rings is 1. The molecule has 112 valence electrons. The van der Waals surface area contributed by atoms with Gasteiger partial charge in [-0.1, -0.05) is 17.2 Å². The van der Waals surface area contributed by atoms with Crippen molar-refractivity contribution >= 4 is 29.1 Å². The van der Waals surface area contributed by atoms with Crippen molar-refractivity contribution < 1.29 is 23.1 Å². The summed E-state index contributed by atoms with van der Waals surface area (Å²) in [6.07, 6.45) is -0.00513. The van der Waals surface area contributed by atoms with E-state index in [9.17, 15) is 18.4 Å². The maximum Gasteiger partial charge on any atom is 0.387 e. The first-order chi connectivity index (χ1) is 9.81. The van der Waals surface area contributed by atoms with Crippen molar-refractivity contribution in [2.45, 2.75) is 26.9 Å². The van der Waals surface area contributed by atoms with Gasteiger partial charge >= 0.3 is 6.61 Å². The summed E-state index contributed by atoms with van der Waals surface area (Å²) in [6.45, 7) is 0.421. The second kappa shape index (κ2) is 5.81. The van der Waals surface area contributed by atoms with Gasteiger partial charge in [-0.2, -0.15) is 8.78 Å². The standard InChI is InChI=1S/C14H12ClF2NO3/c1-7(2)9-6-12(19)18(13(9)20)8-3-4-10(15)11(5-8)21-14(16)17/h3-5,14H,6H2,1-2H3. The summed E-state index contributed by atoms with van der Waals surface area (Å²) >= 11 is 5.74. The number of imide groups is 1. The van der Waals surface area contributed by atoms with Gasteiger partial charge in [0.1, 0.15) is 5.75 Å². The number of carbonyl (C=O) groups excluding carboxylic acids is 2. The van der Waals surface area contributed by atoms with Gasteiger partial charge in [0.2, 0.25) is 5.91 Å². The molecule has 2 amide bonds. The summed E-state index contributed by atoms with van der Waals surface area (Å²) in [6, 6.07) is 3.86. The summed E-state index contributed by atoms with van der Waals surface area (Å²) in [5, 5.41) is -0.0272. The van der Waals surface area contributed by atoms with E-state index in [-0.39, 0.29) is 22.9 Å². The SMILES string of the molecule is CC(C)=C1CC(=O)N(c2ccc(Cl)c(OC(F)F)c2)C1=O. The molecule has 1 aromatic carbocycles. The van der Waals surface area contributed by atoms with Gasteiger partial charge in [-0.15, -0.1) is 0 Å². The molecule has 0 bridgehead atoms. The van der Waals surface area contributed by atoms with Crippen molar-refractivity contribution in [3.05, 3.63) is 34.4 Å². The Bertz CT molecular complexity index is 639. The number of carbonyl (C=O) groups is 2. The van der Waals surface area contributed by atoms with E-state index in [1.54, 1.807) is 13.8 Å². The number of nitrogens with zero attached hydrogens (tertiary/aromatic N) is 1. The van der Waals surface area contributed by atoms with Crippen LogP contribution >= 0.6 is 11.6 Å². The highest BCUT2D eigenvalue weighted by atomic mass is 35.5. The van der Waals surface area contributed by atoms with Gasteiger partial charge in [0.15, 0.2) is 0 Å². The number of amides is 2. The monoisotopic (exact) mass is 315 g/mol. The third kappa shape index (κ3) is 3.05. The number of allylic oxidation sites excluding steroid dienone is 1. The number of halogens is 3. The van der Waals surface area contributed by atoms with Crippen molar-refractivity contribution in [3.8, 4) is 5.75 Å². The summed E-state index contributed by atoms with van der Waals surface area (Å²) in [7, 11) is 0. The number of rotatable bonds is 3. The highest BCUT2D eigenvalue weighted by Crippen LogP contribution is 2.34. The molecule has 0 radical (unpaired) electrons. The van der Waals surface area contributed by atoms with Crippen LogP contribution < -0.4 is 9.64 Å². The fraction of sp³-hybridized carbons (Fsp3) is 0.286. The van der Waals surface area contributed by atoms with Crippen LogP contribution in [0.5, 0.6) is 5.75 Å². The molecule has 0 aliphatic carbocycles. The first-order valence-corrected chi connectivity index (χ1v) is 6.47. The van der Waals surface area contributed by atoms with E-state index < -0.39 is 18.4 Å². The molecule has 0 spiro atoms. The summed E-state index contributed by atoms with van der Waals surface area (Å²) in [5.41, 5.74) is 1.31. The molecule has 1 saturated heterocycles. The molecule has 1 aliphatic heterocycles. The zero-order valence-electron chi connectivity index (χ0n) is 11.3. The molecule has 21 heavy (non-hydrogen) atoms. The lowest BCUT2D eigenvalue weighted by atomic mass is 10.1. The number of ether oxygens (including phenoxy) is 1. The Morgan fingerprint density at radius 3 is 2.52 bits per heavy atom. The van der Waals surface area contributed by atoms with Crippen LogP contribution in [0.4, 0.5) is 14.5 Å². The lowest BCUT2D eigenvalue weighted by molar-refractivity contribution is -0.120. The number of hydrogen-bond acceptors (Lipinski definition) is 3. The van der Waals surface area contributed by atoms with Crippen LogP contribution in [0.2, 0.25) is 5.02 Å². The predicted molar refractivity (Wildman–Crippen MR) is 73.6 cm³/mol. The average molecular weight is 316 g/mol. The lowest BCUT2D eigenvalue weighted by Crippen LogP contribution is -2.29. The molecule has 1 aliphatic rings.